The zero-order valence-corrected chi connectivity index (χ0v) is 23.1. The van der Waals surface area contributed by atoms with Gasteiger partial charge in [0.2, 0.25) is 5.91 Å². The van der Waals surface area contributed by atoms with Crippen molar-refractivity contribution in [2.75, 3.05) is 0 Å². The molecule has 2 saturated heterocycles. The Morgan fingerprint density at radius 2 is 1.97 bits per heavy atom. The van der Waals surface area contributed by atoms with Gasteiger partial charge in [0.1, 0.15) is 10.8 Å². The van der Waals surface area contributed by atoms with Crippen molar-refractivity contribution >= 4 is 29.1 Å². The fraction of sp³-hybridized carbons (Fsp3) is 0.741. The summed E-state index contributed by atoms with van der Waals surface area (Å²) in [5, 5.41) is 36.6. The number of carbonyl (C=O) groups is 2. The van der Waals surface area contributed by atoms with Gasteiger partial charge < -0.3 is 25.4 Å². The van der Waals surface area contributed by atoms with Gasteiger partial charge >= 0.3 is 0 Å². The van der Waals surface area contributed by atoms with Crippen LogP contribution in [0.25, 0.3) is 6.08 Å². The van der Waals surface area contributed by atoms with E-state index >= 15 is 0 Å². The minimum absolute atomic E-state index is 0.0235. The number of ether oxygens (including phenoxy) is 1. The SMILES string of the molecule is CC(=Cc1csc(CO)n1)C1C[C@@H]2O[C@]2(C)CCC[C@H](C)[C@H](O)[C@@H](C)C(=O)C(C)(C)[C@@H](O)CC(=O)N1. The molecule has 1 amide bonds. The van der Waals surface area contributed by atoms with Crippen LogP contribution in [-0.4, -0.2) is 61.9 Å². The molecule has 7 atom stereocenters. The number of nitrogens with zero attached hydrogens (tertiary/aromatic N) is 1. The van der Waals surface area contributed by atoms with Crippen molar-refractivity contribution in [3.63, 3.8) is 0 Å². The Hall–Kier alpha value is -1.65. The quantitative estimate of drug-likeness (QED) is 0.448. The molecule has 2 aliphatic heterocycles. The molecule has 3 heterocycles. The lowest BCUT2D eigenvalue weighted by molar-refractivity contribution is -0.143. The average molecular weight is 523 g/mol. The Labute approximate surface area is 218 Å². The molecular weight excluding hydrogens is 480 g/mol. The van der Waals surface area contributed by atoms with Crippen LogP contribution in [0.4, 0.5) is 0 Å². The summed E-state index contributed by atoms with van der Waals surface area (Å²) in [6, 6.07) is -0.331. The maximum absolute atomic E-state index is 13.2. The largest absolute Gasteiger partial charge is 0.392 e. The number of hydrogen-bond acceptors (Lipinski definition) is 8. The Balaban J connectivity index is 1.85. The van der Waals surface area contributed by atoms with Gasteiger partial charge in [-0.15, -0.1) is 11.3 Å². The third kappa shape index (κ3) is 6.61. The molecule has 0 aliphatic carbocycles. The number of nitrogens with one attached hydrogen (secondary N) is 1. The molecule has 8 nitrogen and oxygen atoms in total. The highest BCUT2D eigenvalue weighted by molar-refractivity contribution is 7.09. The summed E-state index contributed by atoms with van der Waals surface area (Å²) in [5.74, 6) is -1.33. The molecule has 202 valence electrons. The van der Waals surface area contributed by atoms with E-state index in [2.05, 4.69) is 17.2 Å². The fourth-order valence-corrected chi connectivity index (χ4v) is 5.82. The first-order valence-electron chi connectivity index (χ1n) is 12.9. The first-order valence-corrected chi connectivity index (χ1v) is 13.8. The van der Waals surface area contributed by atoms with Crippen LogP contribution in [0.1, 0.15) is 84.3 Å². The molecule has 1 aromatic rings. The number of hydrogen-bond donors (Lipinski definition) is 4. The summed E-state index contributed by atoms with van der Waals surface area (Å²) in [7, 11) is 0. The molecule has 2 aliphatic rings. The van der Waals surface area contributed by atoms with Gasteiger partial charge in [0.15, 0.2) is 0 Å². The summed E-state index contributed by atoms with van der Waals surface area (Å²) >= 11 is 1.37. The molecule has 2 fully saturated rings. The van der Waals surface area contributed by atoms with Crippen LogP contribution < -0.4 is 5.32 Å². The third-order valence-electron chi connectivity index (χ3n) is 8.14. The molecule has 3 rings (SSSR count). The van der Waals surface area contributed by atoms with Crippen LogP contribution in [0.5, 0.6) is 0 Å². The van der Waals surface area contributed by atoms with Gasteiger partial charge in [-0.05, 0) is 44.3 Å². The van der Waals surface area contributed by atoms with Gasteiger partial charge in [-0.3, -0.25) is 9.59 Å². The minimum atomic E-state index is -1.19. The number of Topliss-reactive ketones (excluding diaryl/α,β-unsaturated/α-hetero) is 1. The Morgan fingerprint density at radius 1 is 1.28 bits per heavy atom. The summed E-state index contributed by atoms with van der Waals surface area (Å²) in [5.41, 5.74) is 0.135. The molecule has 4 N–H and O–H groups in total. The second-order valence-corrected chi connectivity index (χ2v) is 12.4. The van der Waals surface area contributed by atoms with Gasteiger partial charge in [0.25, 0.3) is 0 Å². The zero-order chi connectivity index (χ0) is 26.8. The van der Waals surface area contributed by atoms with E-state index in [0.29, 0.717) is 11.4 Å². The highest BCUT2D eigenvalue weighted by Crippen LogP contribution is 2.44. The number of fused-ring (bicyclic) bond motifs is 1. The molecule has 0 bridgehead atoms. The standard InChI is InChI=1S/C27H42N2O6S/c1-15-8-7-9-27(6)21(35-27)11-19(16(2)10-18-14-36-23(13-30)28-18)29-22(32)12-20(31)26(4,5)25(34)17(3)24(15)33/h10,14-15,17,19-21,24,30-31,33H,7-9,11-13H2,1-6H3,(H,29,32)/t15-,17+,19?,20-,21-,24-,27+/m0/s1. The molecule has 9 heteroatoms. The van der Waals surface area contributed by atoms with Crippen LogP contribution in [0.15, 0.2) is 11.0 Å². The van der Waals surface area contributed by atoms with Gasteiger partial charge in [-0.2, -0.15) is 0 Å². The van der Waals surface area contributed by atoms with Gasteiger partial charge in [-0.25, -0.2) is 4.98 Å². The van der Waals surface area contributed by atoms with E-state index in [-0.39, 0.29) is 48.4 Å². The third-order valence-corrected chi connectivity index (χ3v) is 8.99. The number of epoxide rings is 1. The molecule has 36 heavy (non-hydrogen) atoms. The van der Waals surface area contributed by atoms with E-state index in [9.17, 15) is 24.9 Å². The highest BCUT2D eigenvalue weighted by Gasteiger charge is 2.52. The first-order chi connectivity index (χ1) is 16.8. The van der Waals surface area contributed by atoms with Gasteiger partial charge in [0, 0.05) is 17.7 Å². The van der Waals surface area contributed by atoms with E-state index in [1.807, 2.05) is 25.3 Å². The topological polar surface area (TPSA) is 132 Å². The Bertz CT molecular complexity index is 975. The Morgan fingerprint density at radius 3 is 2.61 bits per heavy atom. The Kier molecular flexibility index (Phi) is 9.15. The van der Waals surface area contributed by atoms with Crippen molar-refractivity contribution in [3.8, 4) is 0 Å². The van der Waals surface area contributed by atoms with E-state index < -0.39 is 23.5 Å². The van der Waals surface area contributed by atoms with Crippen LogP contribution in [0, 0.1) is 17.3 Å². The number of rotatable bonds is 3. The summed E-state index contributed by atoms with van der Waals surface area (Å²) < 4.78 is 6.08. The predicted octanol–water partition coefficient (Wildman–Crippen LogP) is 3.23. The summed E-state index contributed by atoms with van der Waals surface area (Å²) in [4.78, 5) is 30.7. The second-order valence-electron chi connectivity index (χ2n) is 11.4. The fourth-order valence-electron chi connectivity index (χ4n) is 5.21. The van der Waals surface area contributed by atoms with Gasteiger partial charge in [-0.1, -0.05) is 34.1 Å². The molecule has 0 aromatic carbocycles. The number of aromatic nitrogens is 1. The summed E-state index contributed by atoms with van der Waals surface area (Å²) in [6.07, 6.45) is 2.67. The van der Waals surface area contributed by atoms with Crippen LogP contribution in [0.3, 0.4) is 0 Å². The van der Waals surface area contributed by atoms with Crippen molar-refractivity contribution in [1.82, 2.24) is 10.3 Å². The number of aliphatic hydroxyl groups is 3. The first kappa shape index (κ1) is 28.9. The van der Waals surface area contributed by atoms with Crippen molar-refractivity contribution in [3.05, 3.63) is 21.7 Å². The smallest absolute Gasteiger partial charge is 0.223 e. The van der Waals surface area contributed by atoms with Crippen LogP contribution in [-0.2, 0) is 20.9 Å². The molecular formula is C27H42N2O6S. The highest BCUT2D eigenvalue weighted by atomic mass is 32.1. The lowest BCUT2D eigenvalue weighted by Gasteiger charge is -2.34. The molecule has 1 aromatic heterocycles. The van der Waals surface area contributed by atoms with Crippen LogP contribution in [0.2, 0.25) is 0 Å². The number of thiazole rings is 1. The van der Waals surface area contributed by atoms with E-state index in [4.69, 9.17) is 4.74 Å². The lowest BCUT2D eigenvalue weighted by Crippen LogP contribution is -2.47. The van der Waals surface area contributed by atoms with E-state index in [1.165, 1.54) is 11.3 Å². The number of carbonyl (C=O) groups excluding carboxylic acids is 2. The minimum Gasteiger partial charge on any atom is -0.392 e. The molecule has 0 spiro atoms. The van der Waals surface area contributed by atoms with Crippen molar-refractivity contribution in [2.24, 2.45) is 17.3 Å². The van der Waals surface area contributed by atoms with Crippen molar-refractivity contribution in [2.45, 2.75) is 110 Å². The zero-order valence-electron chi connectivity index (χ0n) is 22.3. The monoisotopic (exact) mass is 522 g/mol. The lowest BCUT2D eigenvalue weighted by atomic mass is 9.72. The van der Waals surface area contributed by atoms with E-state index in [0.717, 1.165) is 30.5 Å². The maximum Gasteiger partial charge on any atom is 0.223 e. The van der Waals surface area contributed by atoms with Crippen molar-refractivity contribution < 1.29 is 29.6 Å². The van der Waals surface area contributed by atoms with Crippen LogP contribution >= 0.6 is 11.3 Å². The predicted molar refractivity (Wildman–Crippen MR) is 139 cm³/mol. The molecule has 0 radical (unpaired) electrons. The van der Waals surface area contributed by atoms with E-state index in [1.54, 1.807) is 20.8 Å². The normalized spacial score (nSPS) is 36.8. The van der Waals surface area contributed by atoms with Crippen molar-refractivity contribution in [1.29, 1.82) is 0 Å². The summed E-state index contributed by atoms with van der Waals surface area (Å²) in [6.45, 7) is 10.8. The second kappa shape index (κ2) is 11.4. The number of aliphatic hydroxyl groups excluding tert-OH is 3. The van der Waals surface area contributed by atoms with Gasteiger partial charge in [0.05, 0.1) is 54.1 Å². The number of ketones is 1. The molecule has 1 unspecified atom stereocenters. The number of amides is 1. The average Bonchev–Trinajstić information content (AvgIpc) is 3.23. The maximum atomic E-state index is 13.2. The molecule has 0 saturated carbocycles.